The van der Waals surface area contributed by atoms with Gasteiger partial charge in [-0.05, 0) is 96.1 Å². The van der Waals surface area contributed by atoms with Crippen LogP contribution in [-0.4, -0.2) is 65.1 Å². The third kappa shape index (κ3) is 8.12. The van der Waals surface area contributed by atoms with Gasteiger partial charge in [0.25, 0.3) is 0 Å². The minimum atomic E-state index is -1.55. The van der Waals surface area contributed by atoms with Crippen LogP contribution >= 0.6 is 0 Å². The number of ether oxygens (including phenoxy) is 5. The van der Waals surface area contributed by atoms with Crippen LogP contribution in [0.2, 0.25) is 0 Å². The minimum absolute atomic E-state index is 0.124. The molecule has 0 amide bonds. The Hall–Kier alpha value is -6.85. The number of rotatable bonds is 16. The minimum Gasteiger partial charge on any atom is -0.483 e. The fourth-order valence-electron chi connectivity index (χ4n) is 7.54. The van der Waals surface area contributed by atoms with Crippen molar-refractivity contribution in [1.29, 1.82) is 0 Å². The molecule has 0 aliphatic heterocycles. The van der Waals surface area contributed by atoms with Gasteiger partial charge in [0.2, 0.25) is 17.2 Å². The van der Waals surface area contributed by atoms with Gasteiger partial charge in [-0.25, -0.2) is 14.4 Å². The molecule has 0 aliphatic rings. The van der Waals surface area contributed by atoms with Gasteiger partial charge in [-0.15, -0.1) is 0 Å². The van der Waals surface area contributed by atoms with Crippen molar-refractivity contribution in [3.63, 3.8) is 0 Å². The van der Waals surface area contributed by atoms with Crippen LogP contribution in [0.1, 0.15) is 41.5 Å². The first-order valence-corrected chi connectivity index (χ1v) is 20.4. The van der Waals surface area contributed by atoms with Crippen molar-refractivity contribution in [3.05, 3.63) is 123 Å². The van der Waals surface area contributed by atoms with Gasteiger partial charge < -0.3 is 60.4 Å². The van der Waals surface area contributed by atoms with Crippen LogP contribution in [0.4, 0.5) is 0 Å². The molecule has 9 aromatic rings. The van der Waals surface area contributed by atoms with Crippen molar-refractivity contribution in [2.75, 3.05) is 19.8 Å². The van der Waals surface area contributed by atoms with Crippen LogP contribution in [-0.2, 0) is 9.47 Å². The number of hydrogen-bond acceptors (Lipinski definition) is 16. The average Bonchev–Trinajstić information content (AvgIpc) is 4.03. The monoisotopic (exact) mass is 876 g/mol. The van der Waals surface area contributed by atoms with Crippen LogP contribution in [0.5, 0.6) is 17.2 Å². The molecule has 0 aliphatic carbocycles. The first-order chi connectivity index (χ1) is 30.4. The van der Waals surface area contributed by atoms with Crippen LogP contribution < -0.4 is 31.1 Å². The molecule has 0 saturated heterocycles. The number of hydrogen-bond donors (Lipinski definition) is 2. The maximum absolute atomic E-state index is 12.5. The summed E-state index contributed by atoms with van der Waals surface area (Å²) in [6.07, 6.45) is 0.921. The predicted molar refractivity (Wildman–Crippen MR) is 233 cm³/mol. The van der Waals surface area contributed by atoms with Gasteiger partial charge in [0, 0.05) is 50.5 Å². The fraction of sp³-hybridized carbons (Fsp3) is 0.312. The molecule has 6 heterocycles. The summed E-state index contributed by atoms with van der Waals surface area (Å²) >= 11 is 0. The zero-order chi connectivity index (χ0) is 45.1. The zero-order valence-electron chi connectivity index (χ0n) is 35.6. The molecule has 9 rings (SSSR count). The van der Waals surface area contributed by atoms with E-state index in [0.717, 1.165) is 0 Å². The van der Waals surface area contributed by atoms with Gasteiger partial charge in [0.15, 0.2) is 33.5 Å². The van der Waals surface area contributed by atoms with Crippen molar-refractivity contribution >= 4 is 65.8 Å². The number of fused-ring (bicyclic) bond motifs is 6. The molecule has 3 atom stereocenters. The largest absolute Gasteiger partial charge is 0.483 e. The second kappa shape index (κ2) is 16.1. The number of benzene rings is 3. The summed E-state index contributed by atoms with van der Waals surface area (Å²) in [5, 5.41) is 27.3. The summed E-state index contributed by atoms with van der Waals surface area (Å²) in [4.78, 5) is 37.1. The average molecular weight is 877 g/mol. The first kappa shape index (κ1) is 42.5. The summed E-state index contributed by atoms with van der Waals surface area (Å²) in [5.41, 5.74) is -4.77. The lowest BCUT2D eigenvalue weighted by molar-refractivity contribution is -0.242. The second-order valence-corrected chi connectivity index (χ2v) is 17.2. The fourth-order valence-corrected chi connectivity index (χ4v) is 7.54. The normalized spacial score (nSPS) is 14.2. The van der Waals surface area contributed by atoms with Crippen molar-refractivity contribution < 1.29 is 60.4 Å². The van der Waals surface area contributed by atoms with Crippen molar-refractivity contribution in [3.8, 4) is 17.2 Å². The third-order valence-corrected chi connectivity index (χ3v) is 11.3. The Labute approximate surface area is 362 Å². The molecule has 64 heavy (non-hydrogen) atoms. The lowest BCUT2D eigenvalue weighted by Gasteiger charge is -2.44. The Morgan fingerprint density at radius 3 is 1.20 bits per heavy atom. The van der Waals surface area contributed by atoms with E-state index in [4.69, 9.17) is 50.2 Å². The lowest BCUT2D eigenvalue weighted by atomic mass is 9.95. The highest BCUT2D eigenvalue weighted by Crippen LogP contribution is 2.40. The molecule has 2 N–H and O–H groups in total. The maximum Gasteiger partial charge on any atom is 0.336 e. The predicted octanol–water partition coefficient (Wildman–Crippen LogP) is 8.24. The van der Waals surface area contributed by atoms with Gasteiger partial charge in [-0.3, -0.25) is 0 Å². The van der Waals surface area contributed by atoms with E-state index in [0.29, 0.717) is 49.1 Å². The maximum atomic E-state index is 12.5. The quantitative estimate of drug-likeness (QED) is 0.0874. The van der Waals surface area contributed by atoms with Gasteiger partial charge in [0.1, 0.15) is 38.1 Å². The van der Waals surface area contributed by atoms with E-state index >= 15 is 0 Å². The topological polar surface area (TPSA) is 217 Å². The Bertz CT molecular complexity index is 3350. The smallest absolute Gasteiger partial charge is 0.336 e. The number of furan rings is 3. The van der Waals surface area contributed by atoms with Gasteiger partial charge in [-0.1, -0.05) is 0 Å². The lowest BCUT2D eigenvalue weighted by Crippen LogP contribution is -2.56. The van der Waals surface area contributed by atoms with E-state index in [1.165, 1.54) is 37.0 Å². The van der Waals surface area contributed by atoms with Crippen LogP contribution in [0.15, 0.2) is 132 Å². The van der Waals surface area contributed by atoms with E-state index in [-0.39, 0.29) is 53.8 Å². The van der Waals surface area contributed by atoms with E-state index in [9.17, 15) is 24.6 Å². The third-order valence-electron chi connectivity index (χ3n) is 11.3. The van der Waals surface area contributed by atoms with E-state index < -0.39 is 52.0 Å². The molecule has 6 aromatic heterocycles. The second-order valence-electron chi connectivity index (χ2n) is 17.2. The van der Waals surface area contributed by atoms with Crippen LogP contribution in [0.25, 0.3) is 65.8 Å². The summed E-state index contributed by atoms with van der Waals surface area (Å²) in [5.74, 6) is 0.394. The standard InChI is InChI=1S/C48H44O16/c1-46(2,53)32(23-58-44-38-29(14-17-55-38)20-26-8-11-35(51)61-41(26)44)63-48(5,6)33(24-59-45-39-30(15-18-56-39)21-27-9-12-36(52)62-42(27)45)64-47(3,4)31(49)22-57-43-37-28(13-16-54-37)19-25-7-10-34(50)60-40(25)43/h7-21,31-33,49,53H,22-24H2,1-6H3/t31-,32-,33-/m1/s1. The highest BCUT2D eigenvalue weighted by molar-refractivity contribution is 6.01. The number of aliphatic hydroxyl groups is 2. The molecule has 0 spiro atoms. The molecule has 332 valence electrons. The summed E-state index contributed by atoms with van der Waals surface area (Å²) < 4.78 is 66.5. The molecule has 0 radical (unpaired) electrons. The molecule has 0 unspecified atom stereocenters. The highest BCUT2D eigenvalue weighted by Gasteiger charge is 2.44. The number of aliphatic hydroxyl groups excluding tert-OH is 1. The highest BCUT2D eigenvalue weighted by atomic mass is 16.6. The van der Waals surface area contributed by atoms with Crippen LogP contribution in [0.3, 0.4) is 0 Å². The summed E-state index contributed by atoms with van der Waals surface area (Å²) in [7, 11) is 0. The molecular formula is C48H44O16. The van der Waals surface area contributed by atoms with Crippen LogP contribution in [0, 0.1) is 0 Å². The summed E-state index contributed by atoms with van der Waals surface area (Å²) in [6, 6.07) is 19.4. The van der Waals surface area contributed by atoms with Crippen molar-refractivity contribution in [2.45, 2.75) is 76.7 Å². The van der Waals surface area contributed by atoms with Crippen molar-refractivity contribution in [1.82, 2.24) is 0 Å². The van der Waals surface area contributed by atoms with Gasteiger partial charge in [0.05, 0.1) is 35.6 Å². The SMILES string of the molecule is CC(C)(O)[C@@H](COc1c2occc2cc2ccc(=O)oc12)OC(C)(C)[C@@H](COc1c2occc2cc2ccc(=O)oc12)OC(C)(C)[C@H](O)COc1c2occc2cc2ccc(=O)oc12. The van der Waals surface area contributed by atoms with E-state index in [1.807, 2.05) is 0 Å². The zero-order valence-corrected chi connectivity index (χ0v) is 35.6. The van der Waals surface area contributed by atoms with Gasteiger partial charge >= 0.3 is 16.9 Å². The Balaban J connectivity index is 1.04. The molecule has 0 saturated carbocycles. The first-order valence-electron chi connectivity index (χ1n) is 20.4. The Morgan fingerprint density at radius 1 is 0.469 bits per heavy atom. The molecule has 0 fully saturated rings. The van der Waals surface area contributed by atoms with Gasteiger partial charge in [-0.2, -0.15) is 0 Å². The molecule has 16 nitrogen and oxygen atoms in total. The Morgan fingerprint density at radius 2 is 0.812 bits per heavy atom. The molecular weight excluding hydrogens is 833 g/mol. The van der Waals surface area contributed by atoms with E-state index in [2.05, 4.69) is 0 Å². The molecule has 0 bridgehead atoms. The molecule has 3 aromatic carbocycles. The molecule has 16 heteroatoms. The Kier molecular flexibility index (Phi) is 10.6. The summed E-state index contributed by atoms with van der Waals surface area (Å²) in [6.45, 7) is 8.95. The van der Waals surface area contributed by atoms with Crippen molar-refractivity contribution in [2.24, 2.45) is 0 Å². The van der Waals surface area contributed by atoms with E-state index in [1.54, 1.807) is 96.1 Å².